The van der Waals surface area contributed by atoms with Crippen LogP contribution in [0.5, 0.6) is 6.01 Å². The SMILES string of the molecule is CN1CCc2cc(-c3nc4nc(OC5CCC(C(C)(C)C(=O)O)CC5)[nH]c4cc3Cl)ccc21. The fourth-order valence-electron chi connectivity index (χ4n) is 5.10. The van der Waals surface area contributed by atoms with Crippen molar-refractivity contribution in [1.82, 2.24) is 15.0 Å². The summed E-state index contributed by atoms with van der Waals surface area (Å²) in [7, 11) is 2.10. The second kappa shape index (κ2) is 8.20. The van der Waals surface area contributed by atoms with Crippen molar-refractivity contribution in [3.63, 3.8) is 0 Å². The molecular formula is C25H29ClN4O3. The summed E-state index contributed by atoms with van der Waals surface area (Å²) < 4.78 is 6.12. The highest BCUT2D eigenvalue weighted by Crippen LogP contribution is 2.40. The zero-order chi connectivity index (χ0) is 23.3. The number of aromatic amines is 1. The largest absolute Gasteiger partial charge is 0.481 e. The van der Waals surface area contributed by atoms with E-state index >= 15 is 0 Å². The second-order valence-corrected chi connectivity index (χ2v) is 10.3. The van der Waals surface area contributed by atoms with E-state index in [1.54, 1.807) is 0 Å². The van der Waals surface area contributed by atoms with Crippen molar-refractivity contribution in [1.29, 1.82) is 0 Å². The van der Waals surface area contributed by atoms with Crippen LogP contribution in [0, 0.1) is 11.3 Å². The van der Waals surface area contributed by atoms with Gasteiger partial charge in [0.2, 0.25) is 0 Å². The second-order valence-electron chi connectivity index (χ2n) is 9.87. The quantitative estimate of drug-likeness (QED) is 0.526. The molecule has 1 aliphatic carbocycles. The maximum Gasteiger partial charge on any atom is 0.309 e. The molecule has 8 heteroatoms. The molecule has 3 heterocycles. The van der Waals surface area contributed by atoms with Crippen LogP contribution < -0.4 is 9.64 Å². The zero-order valence-corrected chi connectivity index (χ0v) is 19.9. The number of halogens is 1. The van der Waals surface area contributed by atoms with Crippen LogP contribution in [0.1, 0.15) is 45.1 Å². The maximum atomic E-state index is 11.6. The molecule has 5 rings (SSSR count). The standard InChI is InChI=1S/C25H29ClN4O3/c1-25(2,23(31)32)16-5-7-17(8-6-16)33-24-27-19-13-18(26)21(28-22(19)29-24)15-4-9-20-14(12-15)10-11-30(20)3/h4,9,12-13,16-17H,5-8,10-11H2,1-3H3,(H,31,32)(H,27,28,29). The highest BCUT2D eigenvalue weighted by Gasteiger charge is 2.39. The van der Waals surface area contributed by atoms with Crippen molar-refractivity contribution >= 4 is 34.4 Å². The number of hydrogen-bond acceptors (Lipinski definition) is 5. The molecular weight excluding hydrogens is 440 g/mol. The van der Waals surface area contributed by atoms with Crippen LogP contribution >= 0.6 is 11.6 Å². The molecule has 0 saturated heterocycles. The van der Waals surface area contributed by atoms with Gasteiger partial charge in [0, 0.05) is 24.8 Å². The molecule has 2 aromatic heterocycles. The number of benzene rings is 1. The number of hydrogen-bond donors (Lipinski definition) is 2. The van der Waals surface area contributed by atoms with Crippen LogP contribution in [0.3, 0.4) is 0 Å². The molecule has 0 bridgehead atoms. The number of nitrogens with one attached hydrogen (secondary N) is 1. The first-order valence-corrected chi connectivity index (χ1v) is 11.9. The Morgan fingerprint density at radius 3 is 2.70 bits per heavy atom. The van der Waals surface area contributed by atoms with Crippen molar-refractivity contribution in [3.05, 3.63) is 34.9 Å². The predicted molar refractivity (Wildman–Crippen MR) is 129 cm³/mol. The predicted octanol–water partition coefficient (Wildman–Crippen LogP) is 5.32. The van der Waals surface area contributed by atoms with Crippen molar-refractivity contribution in [3.8, 4) is 17.3 Å². The van der Waals surface area contributed by atoms with E-state index in [0.29, 0.717) is 16.7 Å². The molecule has 1 saturated carbocycles. The topological polar surface area (TPSA) is 91.3 Å². The van der Waals surface area contributed by atoms with Crippen LogP contribution in [0.25, 0.3) is 22.4 Å². The van der Waals surface area contributed by atoms with Gasteiger partial charge in [-0.1, -0.05) is 17.7 Å². The molecule has 33 heavy (non-hydrogen) atoms. The third-order valence-electron chi connectivity index (χ3n) is 7.41. The molecule has 3 aromatic rings. The van der Waals surface area contributed by atoms with Crippen molar-refractivity contribution in [2.75, 3.05) is 18.5 Å². The van der Waals surface area contributed by atoms with Crippen molar-refractivity contribution in [2.24, 2.45) is 11.3 Å². The normalized spacial score (nSPS) is 20.8. The van der Waals surface area contributed by atoms with Gasteiger partial charge in [-0.25, -0.2) is 4.98 Å². The summed E-state index contributed by atoms with van der Waals surface area (Å²) in [6.45, 7) is 4.65. The number of carbonyl (C=O) groups is 1. The molecule has 174 valence electrons. The zero-order valence-electron chi connectivity index (χ0n) is 19.2. The number of likely N-dealkylation sites (N-methyl/N-ethyl adjacent to an activating group) is 1. The number of aliphatic carboxylic acids is 1. The Morgan fingerprint density at radius 2 is 1.97 bits per heavy atom. The van der Waals surface area contributed by atoms with Gasteiger partial charge >= 0.3 is 5.97 Å². The van der Waals surface area contributed by atoms with E-state index in [9.17, 15) is 9.90 Å². The monoisotopic (exact) mass is 468 g/mol. The van der Waals surface area contributed by atoms with Crippen LogP contribution in [0.4, 0.5) is 5.69 Å². The smallest absolute Gasteiger partial charge is 0.309 e. The number of ether oxygens (including phenoxy) is 1. The van der Waals surface area contributed by atoms with Gasteiger partial charge in [0.15, 0.2) is 5.65 Å². The van der Waals surface area contributed by atoms with Gasteiger partial charge in [0.1, 0.15) is 6.10 Å². The molecule has 0 radical (unpaired) electrons. The van der Waals surface area contributed by atoms with Crippen LogP contribution in [0.2, 0.25) is 5.02 Å². The molecule has 1 aromatic carbocycles. The molecule has 0 spiro atoms. The van der Waals surface area contributed by atoms with Crippen LogP contribution in [-0.2, 0) is 11.2 Å². The minimum atomic E-state index is -0.738. The molecule has 2 N–H and O–H groups in total. The number of carboxylic acid groups (broad SMARTS) is 1. The summed E-state index contributed by atoms with van der Waals surface area (Å²) in [6.07, 6.45) is 4.29. The number of nitrogens with zero attached hydrogens (tertiary/aromatic N) is 3. The average molecular weight is 469 g/mol. The Hall–Kier alpha value is -2.80. The van der Waals surface area contributed by atoms with Crippen molar-refractivity contribution < 1.29 is 14.6 Å². The minimum Gasteiger partial charge on any atom is -0.481 e. The minimum absolute atomic E-state index is 0.00931. The Bertz CT molecular complexity index is 1210. The third kappa shape index (κ3) is 4.03. The van der Waals surface area contributed by atoms with Gasteiger partial charge in [-0.3, -0.25) is 4.79 Å². The number of aromatic nitrogens is 3. The van der Waals surface area contributed by atoms with Gasteiger partial charge in [0.05, 0.1) is 21.6 Å². The summed E-state index contributed by atoms with van der Waals surface area (Å²) in [6, 6.07) is 8.63. The molecule has 0 amide bonds. The number of fused-ring (bicyclic) bond motifs is 2. The number of rotatable bonds is 5. The summed E-state index contributed by atoms with van der Waals surface area (Å²) in [5.74, 6) is -0.584. The van der Waals surface area contributed by atoms with E-state index < -0.39 is 11.4 Å². The number of pyridine rings is 1. The highest BCUT2D eigenvalue weighted by molar-refractivity contribution is 6.33. The molecule has 1 aliphatic heterocycles. The number of H-pyrrole nitrogens is 1. The Balaban J connectivity index is 1.32. The number of anilines is 1. The Labute approximate surface area is 198 Å². The van der Waals surface area contributed by atoms with Gasteiger partial charge < -0.3 is 19.7 Å². The van der Waals surface area contributed by atoms with E-state index in [2.05, 4.69) is 40.1 Å². The van der Waals surface area contributed by atoms with Crippen LogP contribution in [-0.4, -0.2) is 45.7 Å². The Kier molecular flexibility index (Phi) is 5.47. The fourth-order valence-corrected chi connectivity index (χ4v) is 5.36. The van der Waals surface area contributed by atoms with Crippen molar-refractivity contribution in [2.45, 2.75) is 52.1 Å². The molecule has 7 nitrogen and oxygen atoms in total. The third-order valence-corrected chi connectivity index (χ3v) is 7.70. The first-order chi connectivity index (χ1) is 15.7. The fraction of sp³-hybridized carbons (Fsp3) is 0.480. The molecule has 0 atom stereocenters. The average Bonchev–Trinajstić information content (AvgIpc) is 3.35. The molecule has 1 fully saturated rings. The lowest BCUT2D eigenvalue weighted by Gasteiger charge is -2.36. The Morgan fingerprint density at radius 1 is 1.21 bits per heavy atom. The van der Waals surface area contributed by atoms with Gasteiger partial charge in [-0.05, 0) is 75.6 Å². The first kappa shape index (κ1) is 22.0. The van der Waals surface area contributed by atoms with Gasteiger partial charge in [0.25, 0.3) is 6.01 Å². The van der Waals surface area contributed by atoms with E-state index in [4.69, 9.17) is 21.3 Å². The van der Waals surface area contributed by atoms with Gasteiger partial charge in [-0.2, -0.15) is 4.98 Å². The highest BCUT2D eigenvalue weighted by atomic mass is 35.5. The van der Waals surface area contributed by atoms with Crippen LogP contribution in [0.15, 0.2) is 24.3 Å². The summed E-state index contributed by atoms with van der Waals surface area (Å²) in [5.41, 5.74) is 4.86. The van der Waals surface area contributed by atoms with E-state index in [1.807, 2.05) is 19.9 Å². The maximum absolute atomic E-state index is 11.6. The number of imidazole rings is 1. The summed E-state index contributed by atoms with van der Waals surface area (Å²) in [4.78, 5) is 26.3. The lowest BCUT2D eigenvalue weighted by atomic mass is 9.70. The first-order valence-electron chi connectivity index (χ1n) is 11.5. The molecule has 0 unspecified atom stereocenters. The number of carboxylic acids is 1. The summed E-state index contributed by atoms with van der Waals surface area (Å²) >= 11 is 6.59. The molecule has 2 aliphatic rings. The van der Waals surface area contributed by atoms with E-state index in [1.165, 1.54) is 11.3 Å². The summed E-state index contributed by atoms with van der Waals surface area (Å²) in [5, 5.41) is 10.1. The van der Waals surface area contributed by atoms with E-state index in [0.717, 1.165) is 55.4 Å². The lowest BCUT2D eigenvalue weighted by Crippen LogP contribution is -2.37. The van der Waals surface area contributed by atoms with E-state index in [-0.39, 0.29) is 12.0 Å². The lowest BCUT2D eigenvalue weighted by molar-refractivity contribution is -0.151. The van der Waals surface area contributed by atoms with Gasteiger partial charge in [-0.15, -0.1) is 0 Å².